The van der Waals surface area contributed by atoms with Crippen LogP contribution in [0.1, 0.15) is 18.9 Å². The van der Waals surface area contributed by atoms with Gasteiger partial charge in [0.25, 0.3) is 0 Å². The fourth-order valence-corrected chi connectivity index (χ4v) is 3.35. The van der Waals surface area contributed by atoms with Gasteiger partial charge < -0.3 is 4.90 Å². The summed E-state index contributed by atoms with van der Waals surface area (Å²) in [4.78, 5) is 38.1. The van der Waals surface area contributed by atoms with E-state index in [2.05, 4.69) is 0 Å². The Bertz CT molecular complexity index is 661. The molecule has 1 aliphatic heterocycles. The summed E-state index contributed by atoms with van der Waals surface area (Å²) in [5, 5.41) is 0. The van der Waals surface area contributed by atoms with E-state index in [9.17, 15) is 14.4 Å². The summed E-state index contributed by atoms with van der Waals surface area (Å²) < 4.78 is 0. The second-order valence-electron chi connectivity index (χ2n) is 5.40. The van der Waals surface area contributed by atoms with Crippen LogP contribution in [-0.4, -0.2) is 24.5 Å². The van der Waals surface area contributed by atoms with Crippen LogP contribution in [0, 0.1) is 5.92 Å². The molecule has 0 unspecified atom stereocenters. The van der Waals surface area contributed by atoms with Crippen LogP contribution in [-0.2, 0) is 19.8 Å². The van der Waals surface area contributed by atoms with Crippen molar-refractivity contribution >= 4 is 23.2 Å². The second kappa shape index (κ2) is 4.13. The molecule has 0 saturated heterocycles. The van der Waals surface area contributed by atoms with Gasteiger partial charge in [-0.2, -0.15) is 0 Å². The van der Waals surface area contributed by atoms with Crippen LogP contribution in [0.25, 0.3) is 0 Å². The maximum atomic E-state index is 12.6. The first-order chi connectivity index (χ1) is 9.48. The molecule has 0 fully saturated rings. The summed E-state index contributed by atoms with van der Waals surface area (Å²) in [5.74, 6) is -0.998. The summed E-state index contributed by atoms with van der Waals surface area (Å²) in [7, 11) is 1.69. The van der Waals surface area contributed by atoms with Crippen molar-refractivity contribution in [2.45, 2.75) is 18.8 Å². The zero-order valence-electron chi connectivity index (χ0n) is 11.4. The van der Waals surface area contributed by atoms with E-state index >= 15 is 0 Å². The number of ketones is 2. The molecule has 20 heavy (non-hydrogen) atoms. The molecule has 1 aliphatic carbocycles. The van der Waals surface area contributed by atoms with Gasteiger partial charge in [-0.15, -0.1) is 0 Å². The third-order valence-electron chi connectivity index (χ3n) is 4.41. The largest absolute Gasteiger partial charge is 0.315 e. The highest BCUT2D eigenvalue weighted by Gasteiger charge is 2.54. The number of hydrogen-bond donors (Lipinski definition) is 0. The number of carbonyl (C=O) groups excluding carboxylic acids is 3. The zero-order valence-corrected chi connectivity index (χ0v) is 11.4. The van der Waals surface area contributed by atoms with Gasteiger partial charge in [0, 0.05) is 19.2 Å². The van der Waals surface area contributed by atoms with E-state index in [4.69, 9.17) is 0 Å². The van der Waals surface area contributed by atoms with Crippen LogP contribution >= 0.6 is 0 Å². The van der Waals surface area contributed by atoms with Crippen molar-refractivity contribution in [1.29, 1.82) is 0 Å². The Morgan fingerprint density at radius 3 is 2.70 bits per heavy atom. The predicted molar refractivity (Wildman–Crippen MR) is 74.5 cm³/mol. The molecule has 0 aromatic heterocycles. The molecule has 4 nitrogen and oxygen atoms in total. The van der Waals surface area contributed by atoms with Crippen molar-refractivity contribution in [3.63, 3.8) is 0 Å². The Labute approximate surface area is 117 Å². The monoisotopic (exact) mass is 269 g/mol. The quantitative estimate of drug-likeness (QED) is 0.778. The van der Waals surface area contributed by atoms with E-state index in [1.807, 2.05) is 24.3 Å². The van der Waals surface area contributed by atoms with Gasteiger partial charge in [-0.3, -0.25) is 14.4 Å². The fraction of sp³-hybridized carbons (Fsp3) is 0.312. The number of nitrogens with zero attached hydrogens (tertiary/aromatic N) is 1. The summed E-state index contributed by atoms with van der Waals surface area (Å²) in [5.41, 5.74) is 0.556. The van der Waals surface area contributed by atoms with Gasteiger partial charge in [-0.25, -0.2) is 0 Å². The Morgan fingerprint density at radius 2 is 2.00 bits per heavy atom. The molecule has 0 bridgehead atoms. The number of para-hydroxylation sites is 1. The molecular formula is C16H15NO3. The number of fused-ring (bicyclic) bond motifs is 3. The lowest BCUT2D eigenvalue weighted by Crippen LogP contribution is -2.55. The molecule has 1 aromatic carbocycles. The number of carbonyl (C=O) groups is 3. The average molecular weight is 269 g/mol. The highest BCUT2D eigenvalue weighted by molar-refractivity contribution is 6.11. The van der Waals surface area contributed by atoms with Crippen LogP contribution < -0.4 is 4.90 Å². The first-order valence-electron chi connectivity index (χ1n) is 6.58. The molecule has 2 atom stereocenters. The molecule has 0 saturated carbocycles. The maximum Gasteiger partial charge on any atom is 0.231 e. The molecule has 2 aliphatic rings. The summed E-state index contributed by atoms with van der Waals surface area (Å²) >= 11 is 0. The third-order valence-corrected chi connectivity index (χ3v) is 4.41. The Morgan fingerprint density at radius 1 is 1.30 bits per heavy atom. The minimum Gasteiger partial charge on any atom is -0.315 e. The van der Waals surface area contributed by atoms with Gasteiger partial charge in [0.1, 0.15) is 5.78 Å². The molecule has 0 N–H and O–H groups in total. The first-order valence-corrected chi connectivity index (χ1v) is 6.58. The van der Waals surface area contributed by atoms with Gasteiger partial charge >= 0.3 is 0 Å². The smallest absolute Gasteiger partial charge is 0.231 e. The number of hydrogen-bond acceptors (Lipinski definition) is 3. The van der Waals surface area contributed by atoms with Gasteiger partial charge in [0.2, 0.25) is 5.91 Å². The Kier molecular flexibility index (Phi) is 2.64. The van der Waals surface area contributed by atoms with Crippen LogP contribution in [0.5, 0.6) is 0 Å². The summed E-state index contributed by atoms with van der Waals surface area (Å²) in [6.07, 6.45) is 3.15. The van der Waals surface area contributed by atoms with Gasteiger partial charge in [0.15, 0.2) is 5.78 Å². The average Bonchev–Trinajstić information content (AvgIpc) is 2.44. The Hall–Kier alpha value is -2.23. The second-order valence-corrected chi connectivity index (χ2v) is 5.40. The fourth-order valence-electron chi connectivity index (χ4n) is 3.35. The third kappa shape index (κ3) is 1.45. The molecule has 1 aromatic rings. The molecule has 0 spiro atoms. The normalized spacial score (nSPS) is 28.1. The number of allylic oxidation sites excluding steroid dienone is 2. The molecule has 1 heterocycles. The number of rotatable bonds is 1. The molecule has 1 amide bonds. The van der Waals surface area contributed by atoms with Crippen molar-refractivity contribution < 1.29 is 14.4 Å². The summed E-state index contributed by atoms with van der Waals surface area (Å²) in [6, 6.07) is 7.40. The van der Waals surface area contributed by atoms with Crippen LogP contribution in [0.2, 0.25) is 0 Å². The van der Waals surface area contributed by atoms with Crippen LogP contribution in [0.3, 0.4) is 0 Å². The standard InChI is InChI=1S/C16H15NO3/c1-10(18)16-8-7-11(19)9-13(16)15(20)17(2)14-6-4-3-5-12(14)16/h3-8,13H,9H2,1-2H3/t13-,16-/m1/s1. The van der Waals surface area contributed by atoms with E-state index in [-0.39, 0.29) is 23.9 Å². The van der Waals surface area contributed by atoms with E-state index in [0.717, 1.165) is 11.3 Å². The SMILES string of the molecule is CC(=O)[C@@]12C=CC(=O)C[C@@H]1C(=O)N(C)c1ccccc12. The minimum absolute atomic E-state index is 0.0909. The molecule has 102 valence electrons. The number of benzene rings is 1. The van der Waals surface area contributed by atoms with E-state index < -0.39 is 11.3 Å². The van der Waals surface area contributed by atoms with Gasteiger partial charge in [-0.1, -0.05) is 24.3 Å². The zero-order chi connectivity index (χ0) is 14.5. The first kappa shape index (κ1) is 12.8. The van der Waals surface area contributed by atoms with E-state index in [1.165, 1.54) is 13.0 Å². The van der Waals surface area contributed by atoms with E-state index in [1.54, 1.807) is 18.0 Å². The van der Waals surface area contributed by atoms with E-state index in [0.29, 0.717) is 0 Å². The van der Waals surface area contributed by atoms with Crippen LogP contribution in [0.15, 0.2) is 36.4 Å². The number of anilines is 1. The topological polar surface area (TPSA) is 54.5 Å². The van der Waals surface area contributed by atoms with Gasteiger partial charge in [0.05, 0.1) is 11.3 Å². The highest BCUT2D eigenvalue weighted by atomic mass is 16.2. The Balaban J connectivity index is 2.36. The van der Waals surface area contributed by atoms with Crippen molar-refractivity contribution in [3.05, 3.63) is 42.0 Å². The maximum absolute atomic E-state index is 12.6. The van der Waals surface area contributed by atoms with Crippen molar-refractivity contribution in [1.82, 2.24) is 0 Å². The number of amides is 1. The van der Waals surface area contributed by atoms with Gasteiger partial charge in [-0.05, 0) is 24.6 Å². The highest BCUT2D eigenvalue weighted by Crippen LogP contribution is 2.48. The molecule has 0 radical (unpaired) electrons. The lowest BCUT2D eigenvalue weighted by atomic mass is 9.61. The molecular weight excluding hydrogens is 254 g/mol. The van der Waals surface area contributed by atoms with Crippen molar-refractivity contribution in [2.24, 2.45) is 5.92 Å². The lowest BCUT2D eigenvalue weighted by Gasteiger charge is -2.45. The minimum atomic E-state index is -0.992. The molecule has 4 heteroatoms. The molecule has 3 rings (SSSR count). The van der Waals surface area contributed by atoms with Crippen LogP contribution in [0.4, 0.5) is 5.69 Å². The van der Waals surface area contributed by atoms with Crippen molar-refractivity contribution in [3.8, 4) is 0 Å². The lowest BCUT2D eigenvalue weighted by molar-refractivity contribution is -0.134. The summed E-state index contributed by atoms with van der Waals surface area (Å²) in [6.45, 7) is 1.49. The number of Topliss-reactive ketones (excluding diaryl/α,β-unsaturated/α-hetero) is 1. The van der Waals surface area contributed by atoms with Crippen molar-refractivity contribution in [2.75, 3.05) is 11.9 Å². The predicted octanol–water partition coefficient (Wildman–Crippen LogP) is 1.64.